The van der Waals surface area contributed by atoms with Crippen molar-refractivity contribution in [3.05, 3.63) is 88.5 Å². The number of H-pyrrole nitrogens is 1. The number of benzene rings is 2. The zero-order valence-electron chi connectivity index (χ0n) is 22.2. The highest BCUT2D eigenvalue weighted by molar-refractivity contribution is 5.97. The third-order valence-electron chi connectivity index (χ3n) is 7.71. The van der Waals surface area contributed by atoms with E-state index in [-0.39, 0.29) is 0 Å². The molecule has 0 spiro atoms. The Kier molecular flexibility index (Phi) is 6.03. The summed E-state index contributed by atoms with van der Waals surface area (Å²) in [4.78, 5) is 15.1. The second-order valence-electron chi connectivity index (χ2n) is 9.94. The first kappa shape index (κ1) is 23.5. The van der Waals surface area contributed by atoms with Crippen LogP contribution >= 0.6 is 0 Å². The minimum atomic E-state index is 0.741. The molecule has 3 aromatic heterocycles. The van der Waals surface area contributed by atoms with Crippen LogP contribution in [0.15, 0.2) is 55.0 Å². The third kappa shape index (κ3) is 3.91. The first-order valence-corrected chi connectivity index (χ1v) is 13.5. The van der Waals surface area contributed by atoms with Gasteiger partial charge < -0.3 is 9.88 Å². The Balaban J connectivity index is 1.61. The maximum absolute atomic E-state index is 5.33. The van der Waals surface area contributed by atoms with E-state index in [9.17, 15) is 0 Å². The predicted octanol–water partition coefficient (Wildman–Crippen LogP) is 6.37. The molecule has 0 fully saturated rings. The molecule has 6 nitrogen and oxygen atoms in total. The van der Waals surface area contributed by atoms with Gasteiger partial charge in [-0.05, 0) is 54.5 Å². The average Bonchev–Trinajstić information content (AvgIpc) is 3.57. The Bertz CT molecular complexity index is 1550. The molecule has 0 bridgehead atoms. The topological polar surface area (TPSA) is 62.6 Å². The van der Waals surface area contributed by atoms with Crippen molar-refractivity contribution < 1.29 is 0 Å². The van der Waals surface area contributed by atoms with Crippen molar-refractivity contribution in [1.82, 2.24) is 24.7 Å². The summed E-state index contributed by atoms with van der Waals surface area (Å²) in [5.74, 6) is 0.784. The fraction of sp³-hybridized carbons (Fsp3) is 0.323. The number of nitrogens with zero attached hydrogens (tertiary/aromatic N) is 5. The summed E-state index contributed by atoms with van der Waals surface area (Å²) >= 11 is 0. The van der Waals surface area contributed by atoms with E-state index in [0.29, 0.717) is 0 Å². The fourth-order valence-electron chi connectivity index (χ4n) is 5.74. The molecule has 2 aromatic carbocycles. The monoisotopic (exact) mass is 490 g/mol. The van der Waals surface area contributed by atoms with Gasteiger partial charge >= 0.3 is 0 Å². The van der Waals surface area contributed by atoms with E-state index in [0.717, 1.165) is 50.3 Å². The number of hydrogen-bond donors (Lipinski definition) is 1. The van der Waals surface area contributed by atoms with Gasteiger partial charge in [0.1, 0.15) is 0 Å². The predicted molar refractivity (Wildman–Crippen MR) is 151 cm³/mol. The number of hydrogen-bond acceptors (Lipinski definition) is 4. The molecular weight excluding hydrogens is 456 g/mol. The minimum Gasteiger partial charge on any atom is -0.361 e. The molecule has 5 aromatic rings. The largest absolute Gasteiger partial charge is 0.361 e. The van der Waals surface area contributed by atoms with Gasteiger partial charge in [0.05, 0.1) is 17.1 Å². The van der Waals surface area contributed by atoms with Gasteiger partial charge in [0.15, 0.2) is 0 Å². The lowest BCUT2D eigenvalue weighted by molar-refractivity contribution is 0.694. The minimum absolute atomic E-state index is 0.741. The maximum Gasteiger partial charge on any atom is 0.225 e. The van der Waals surface area contributed by atoms with Crippen LogP contribution in [-0.2, 0) is 32.2 Å². The van der Waals surface area contributed by atoms with Gasteiger partial charge in [-0.3, -0.25) is 0 Å². The first-order valence-electron chi connectivity index (χ1n) is 13.5. The zero-order valence-corrected chi connectivity index (χ0v) is 22.2. The van der Waals surface area contributed by atoms with E-state index in [4.69, 9.17) is 5.10 Å². The van der Waals surface area contributed by atoms with Crippen LogP contribution < -0.4 is 4.90 Å². The number of aromatic amines is 1. The standard InChI is InChI=1S/C31H34N6/c1-5-21-11-12-25(24-13-15-32-28(21)24)30-26-19-36(31-33-17-20(4)18-34-31)16-14-27(26)35-37(30)29-22(6-2)9-8-10-23(29)7-3/h8-13,15,17-18,32H,5-7,14,16,19H2,1-4H3. The Labute approximate surface area is 218 Å². The smallest absolute Gasteiger partial charge is 0.225 e. The molecule has 1 N–H and O–H groups in total. The van der Waals surface area contributed by atoms with Crippen LogP contribution in [0, 0.1) is 6.92 Å². The normalized spacial score (nSPS) is 13.4. The van der Waals surface area contributed by atoms with E-state index < -0.39 is 0 Å². The van der Waals surface area contributed by atoms with Crippen molar-refractivity contribution >= 4 is 16.9 Å². The molecule has 4 heterocycles. The third-order valence-corrected chi connectivity index (χ3v) is 7.71. The molecule has 0 amide bonds. The Morgan fingerprint density at radius 3 is 2.32 bits per heavy atom. The van der Waals surface area contributed by atoms with Crippen LogP contribution in [0.4, 0.5) is 5.95 Å². The molecule has 1 aliphatic rings. The van der Waals surface area contributed by atoms with Crippen molar-refractivity contribution in [2.24, 2.45) is 0 Å². The molecule has 1 aliphatic heterocycles. The highest BCUT2D eigenvalue weighted by Crippen LogP contribution is 2.39. The van der Waals surface area contributed by atoms with Gasteiger partial charge in [0, 0.05) is 60.1 Å². The number of fused-ring (bicyclic) bond motifs is 2. The molecule has 188 valence electrons. The van der Waals surface area contributed by atoms with Crippen LogP contribution in [0.25, 0.3) is 27.8 Å². The van der Waals surface area contributed by atoms with Crippen molar-refractivity contribution in [2.75, 3.05) is 11.4 Å². The number of aromatic nitrogens is 5. The zero-order chi connectivity index (χ0) is 25.5. The lowest BCUT2D eigenvalue weighted by atomic mass is 9.95. The summed E-state index contributed by atoms with van der Waals surface area (Å²) in [5.41, 5.74) is 12.4. The van der Waals surface area contributed by atoms with Crippen LogP contribution in [0.2, 0.25) is 0 Å². The van der Waals surface area contributed by atoms with E-state index in [2.05, 4.69) is 87.9 Å². The van der Waals surface area contributed by atoms with Gasteiger partial charge in [-0.1, -0.05) is 51.1 Å². The van der Waals surface area contributed by atoms with Crippen molar-refractivity contribution in [2.45, 2.75) is 59.9 Å². The van der Waals surface area contributed by atoms with Gasteiger partial charge in [-0.25, -0.2) is 14.6 Å². The Morgan fingerprint density at radius 2 is 1.62 bits per heavy atom. The number of anilines is 1. The Morgan fingerprint density at radius 1 is 0.892 bits per heavy atom. The fourth-order valence-corrected chi connectivity index (χ4v) is 5.74. The van der Waals surface area contributed by atoms with Crippen LogP contribution in [0.5, 0.6) is 0 Å². The number of rotatable bonds is 6. The summed E-state index contributed by atoms with van der Waals surface area (Å²) in [7, 11) is 0. The molecule has 0 radical (unpaired) electrons. The van der Waals surface area contributed by atoms with Crippen molar-refractivity contribution in [1.29, 1.82) is 0 Å². The summed E-state index contributed by atoms with van der Waals surface area (Å²) in [6, 6.07) is 13.5. The van der Waals surface area contributed by atoms with Crippen LogP contribution in [0.1, 0.15) is 54.3 Å². The molecule has 0 unspecified atom stereocenters. The van der Waals surface area contributed by atoms with E-state index in [1.165, 1.54) is 55.8 Å². The van der Waals surface area contributed by atoms with Crippen molar-refractivity contribution in [3.8, 4) is 16.9 Å². The van der Waals surface area contributed by atoms with Crippen LogP contribution in [-0.4, -0.2) is 31.3 Å². The van der Waals surface area contributed by atoms with Gasteiger partial charge in [-0.2, -0.15) is 5.10 Å². The maximum atomic E-state index is 5.33. The lowest BCUT2D eigenvalue weighted by Gasteiger charge is -2.27. The molecule has 0 atom stereocenters. The number of para-hydroxylation sites is 1. The molecular formula is C31H34N6. The number of nitrogens with one attached hydrogen (secondary N) is 1. The second kappa shape index (κ2) is 9.51. The second-order valence-corrected chi connectivity index (χ2v) is 9.94. The lowest BCUT2D eigenvalue weighted by Crippen LogP contribution is -2.31. The molecule has 0 aliphatic carbocycles. The summed E-state index contributed by atoms with van der Waals surface area (Å²) in [6.07, 6.45) is 9.65. The molecule has 0 saturated carbocycles. The Hall–Kier alpha value is -3.93. The molecule has 6 rings (SSSR count). The van der Waals surface area contributed by atoms with E-state index in [1.807, 2.05) is 19.3 Å². The summed E-state index contributed by atoms with van der Waals surface area (Å²) in [5, 5.41) is 6.58. The van der Waals surface area contributed by atoms with Crippen molar-refractivity contribution in [3.63, 3.8) is 0 Å². The van der Waals surface area contributed by atoms with E-state index >= 15 is 0 Å². The molecule has 0 saturated heterocycles. The molecule has 6 heteroatoms. The highest BCUT2D eigenvalue weighted by atomic mass is 15.3. The summed E-state index contributed by atoms with van der Waals surface area (Å²) in [6.45, 7) is 10.3. The summed E-state index contributed by atoms with van der Waals surface area (Å²) < 4.78 is 2.26. The quantitative estimate of drug-likeness (QED) is 0.300. The highest BCUT2D eigenvalue weighted by Gasteiger charge is 2.29. The average molecular weight is 491 g/mol. The SMILES string of the molecule is CCc1cccc(CC)c1-n1nc2c(c1-c1ccc(CC)c3[nH]ccc13)CN(c1ncc(C)cn1)CC2. The van der Waals surface area contributed by atoms with Gasteiger partial charge in [0.2, 0.25) is 5.95 Å². The van der Waals surface area contributed by atoms with Crippen LogP contribution in [0.3, 0.4) is 0 Å². The molecule has 37 heavy (non-hydrogen) atoms. The first-order chi connectivity index (χ1) is 18.1. The van der Waals surface area contributed by atoms with Gasteiger partial charge in [0.25, 0.3) is 0 Å². The number of aryl methyl sites for hydroxylation is 4. The van der Waals surface area contributed by atoms with Gasteiger partial charge in [-0.15, -0.1) is 0 Å². The van der Waals surface area contributed by atoms with E-state index in [1.54, 1.807) is 0 Å².